The number of hydrogen-bond donors (Lipinski definition) is 2. The van der Waals surface area contributed by atoms with Crippen LogP contribution in [0.4, 0.5) is 0 Å². The molecule has 1 fully saturated rings. The number of piperazine rings is 1. The lowest BCUT2D eigenvalue weighted by atomic mass is 10.4. The Morgan fingerprint density at radius 3 is 2.56 bits per heavy atom. The Balaban J connectivity index is 2.08. The van der Waals surface area contributed by atoms with Gasteiger partial charge in [-0.15, -0.1) is 0 Å². The van der Waals surface area contributed by atoms with Crippen molar-refractivity contribution in [3.63, 3.8) is 0 Å². The van der Waals surface area contributed by atoms with Gasteiger partial charge in [0.05, 0.1) is 11.9 Å². The van der Waals surface area contributed by atoms with Gasteiger partial charge in [-0.3, -0.25) is 0 Å². The number of nitrogens with two attached hydrogens (primary N) is 1. The molecule has 2 nitrogen and oxygen atoms in total. The fraction of sp³-hybridized carbons (Fsp3) is 1.00. The SMILES string of the molecule is BrCC[NH+]1CC[NH2+]CC1. The summed E-state index contributed by atoms with van der Waals surface area (Å²) in [5, 5.41) is 3.56. The molecule has 1 aliphatic heterocycles. The lowest BCUT2D eigenvalue weighted by Crippen LogP contribution is -3.20. The molecule has 1 aliphatic rings. The van der Waals surface area contributed by atoms with Crippen LogP contribution in [0.3, 0.4) is 0 Å². The molecule has 0 atom stereocenters. The van der Waals surface area contributed by atoms with Crippen molar-refractivity contribution < 1.29 is 10.2 Å². The number of rotatable bonds is 2. The smallest absolute Gasteiger partial charge is 0.127 e. The van der Waals surface area contributed by atoms with Crippen LogP contribution in [0.15, 0.2) is 0 Å². The highest BCUT2D eigenvalue weighted by molar-refractivity contribution is 9.09. The van der Waals surface area contributed by atoms with Crippen LogP contribution in [0.25, 0.3) is 0 Å². The van der Waals surface area contributed by atoms with Gasteiger partial charge < -0.3 is 10.2 Å². The van der Waals surface area contributed by atoms with Crippen molar-refractivity contribution in [2.24, 2.45) is 0 Å². The second-order valence-electron chi connectivity index (χ2n) is 2.56. The van der Waals surface area contributed by atoms with Crippen LogP contribution >= 0.6 is 15.9 Å². The molecule has 0 spiro atoms. The first kappa shape index (κ1) is 7.51. The molecule has 0 aliphatic carbocycles. The second kappa shape index (κ2) is 4.25. The summed E-state index contributed by atoms with van der Waals surface area (Å²) in [4.78, 5) is 1.76. The summed E-state index contributed by atoms with van der Waals surface area (Å²) in [6, 6.07) is 0. The van der Waals surface area contributed by atoms with Gasteiger partial charge in [-0.25, -0.2) is 0 Å². The zero-order valence-electron chi connectivity index (χ0n) is 5.70. The molecule has 9 heavy (non-hydrogen) atoms. The summed E-state index contributed by atoms with van der Waals surface area (Å²) in [5.41, 5.74) is 0. The standard InChI is InChI=1S/C6H13BrN2/c7-1-4-9-5-2-8-3-6-9/h8H,1-6H2/p+2. The van der Waals surface area contributed by atoms with Gasteiger partial charge in [0.15, 0.2) is 0 Å². The molecule has 0 aromatic heterocycles. The summed E-state index contributed by atoms with van der Waals surface area (Å²) in [7, 11) is 0. The maximum Gasteiger partial charge on any atom is 0.127 e. The number of alkyl halides is 1. The summed E-state index contributed by atoms with van der Waals surface area (Å²) in [6.45, 7) is 6.65. The van der Waals surface area contributed by atoms with Gasteiger partial charge in [-0.05, 0) is 0 Å². The molecule has 0 aromatic carbocycles. The van der Waals surface area contributed by atoms with E-state index in [0.29, 0.717) is 0 Å². The first-order valence-electron chi connectivity index (χ1n) is 3.64. The van der Waals surface area contributed by atoms with E-state index in [4.69, 9.17) is 0 Å². The van der Waals surface area contributed by atoms with Crippen molar-refractivity contribution in [3.8, 4) is 0 Å². The molecule has 0 amide bonds. The molecule has 0 saturated carbocycles. The van der Waals surface area contributed by atoms with Crippen LogP contribution in [0, 0.1) is 0 Å². The monoisotopic (exact) mass is 194 g/mol. The number of quaternary nitrogens is 2. The summed E-state index contributed by atoms with van der Waals surface area (Å²) in [6.07, 6.45) is 0. The zero-order valence-corrected chi connectivity index (χ0v) is 7.28. The van der Waals surface area contributed by atoms with Crippen LogP contribution in [0.2, 0.25) is 0 Å². The van der Waals surface area contributed by atoms with Gasteiger partial charge >= 0.3 is 0 Å². The minimum Gasteiger partial charge on any atom is -0.337 e. The van der Waals surface area contributed by atoms with Crippen LogP contribution in [-0.4, -0.2) is 38.1 Å². The molecule has 0 bridgehead atoms. The maximum absolute atomic E-state index is 3.45. The van der Waals surface area contributed by atoms with E-state index in [2.05, 4.69) is 21.2 Å². The van der Waals surface area contributed by atoms with E-state index in [1.54, 1.807) is 4.90 Å². The minimum absolute atomic E-state index is 1.16. The molecule has 1 heterocycles. The molecular formula is C6H15BrN2+2. The number of nitrogens with one attached hydrogen (secondary N) is 1. The van der Waals surface area contributed by atoms with E-state index < -0.39 is 0 Å². The first-order chi connectivity index (χ1) is 4.43. The van der Waals surface area contributed by atoms with Crippen molar-refractivity contribution in [2.75, 3.05) is 38.1 Å². The molecule has 3 heteroatoms. The minimum atomic E-state index is 1.16. The molecule has 1 saturated heterocycles. The highest BCUT2D eigenvalue weighted by Gasteiger charge is 2.13. The Morgan fingerprint density at radius 2 is 2.00 bits per heavy atom. The Morgan fingerprint density at radius 1 is 1.33 bits per heavy atom. The lowest BCUT2D eigenvalue weighted by molar-refractivity contribution is -0.944. The Labute approximate surface area is 64.7 Å². The predicted octanol–water partition coefficient (Wildman–Crippen LogP) is -2.16. The molecule has 1 rings (SSSR count). The summed E-state index contributed by atoms with van der Waals surface area (Å²) < 4.78 is 0. The van der Waals surface area contributed by atoms with E-state index >= 15 is 0 Å². The Hall–Kier alpha value is 0.400. The van der Waals surface area contributed by atoms with Crippen LogP contribution in [-0.2, 0) is 0 Å². The highest BCUT2D eigenvalue weighted by Crippen LogP contribution is 1.70. The third-order valence-corrected chi connectivity index (χ3v) is 2.25. The van der Waals surface area contributed by atoms with E-state index in [-0.39, 0.29) is 0 Å². The number of hydrogen-bond acceptors (Lipinski definition) is 0. The van der Waals surface area contributed by atoms with Crippen molar-refractivity contribution in [1.29, 1.82) is 0 Å². The quantitative estimate of drug-likeness (QED) is 0.468. The van der Waals surface area contributed by atoms with Crippen molar-refractivity contribution in [1.82, 2.24) is 0 Å². The van der Waals surface area contributed by atoms with Gasteiger partial charge in [0.25, 0.3) is 0 Å². The van der Waals surface area contributed by atoms with E-state index in [1.807, 2.05) is 0 Å². The number of halogens is 1. The molecule has 3 N–H and O–H groups in total. The van der Waals surface area contributed by atoms with Gasteiger partial charge in [0.2, 0.25) is 0 Å². The van der Waals surface area contributed by atoms with Crippen LogP contribution in [0.1, 0.15) is 0 Å². The van der Waals surface area contributed by atoms with Crippen molar-refractivity contribution in [2.45, 2.75) is 0 Å². The van der Waals surface area contributed by atoms with Crippen molar-refractivity contribution in [3.05, 3.63) is 0 Å². The molecule has 0 unspecified atom stereocenters. The van der Waals surface area contributed by atoms with E-state index in [0.717, 1.165) is 5.33 Å². The fourth-order valence-electron chi connectivity index (χ4n) is 1.27. The van der Waals surface area contributed by atoms with Crippen molar-refractivity contribution >= 4 is 15.9 Å². The highest BCUT2D eigenvalue weighted by atomic mass is 79.9. The van der Waals surface area contributed by atoms with Crippen LogP contribution in [0.5, 0.6) is 0 Å². The molecular weight excluding hydrogens is 180 g/mol. The van der Waals surface area contributed by atoms with Gasteiger partial charge in [0.1, 0.15) is 26.2 Å². The summed E-state index contributed by atoms with van der Waals surface area (Å²) in [5.74, 6) is 0. The Bertz CT molecular complexity index is 68.7. The molecule has 0 radical (unpaired) electrons. The first-order valence-corrected chi connectivity index (χ1v) is 4.77. The predicted molar refractivity (Wildman–Crippen MR) is 41.0 cm³/mol. The normalized spacial score (nSPS) is 22.3. The van der Waals surface area contributed by atoms with E-state index in [1.165, 1.54) is 32.7 Å². The third-order valence-electron chi connectivity index (χ3n) is 1.85. The zero-order chi connectivity index (χ0) is 6.53. The summed E-state index contributed by atoms with van der Waals surface area (Å²) >= 11 is 3.45. The average Bonchev–Trinajstić information content (AvgIpc) is 1.91. The largest absolute Gasteiger partial charge is 0.337 e. The molecule has 0 aromatic rings. The van der Waals surface area contributed by atoms with Gasteiger partial charge in [-0.1, -0.05) is 15.9 Å². The second-order valence-corrected chi connectivity index (χ2v) is 3.35. The molecule has 54 valence electrons. The fourth-order valence-corrected chi connectivity index (χ4v) is 1.83. The van der Waals surface area contributed by atoms with Gasteiger partial charge in [0, 0.05) is 0 Å². The van der Waals surface area contributed by atoms with Crippen LogP contribution < -0.4 is 10.2 Å². The lowest BCUT2D eigenvalue weighted by Gasteiger charge is -2.20. The van der Waals surface area contributed by atoms with Gasteiger partial charge in [-0.2, -0.15) is 0 Å². The third kappa shape index (κ3) is 2.65. The maximum atomic E-state index is 3.45. The topological polar surface area (TPSA) is 21.1 Å². The van der Waals surface area contributed by atoms with E-state index in [9.17, 15) is 0 Å². The average molecular weight is 195 g/mol. The Kier molecular flexibility index (Phi) is 3.55.